The van der Waals surface area contributed by atoms with Crippen molar-refractivity contribution in [2.45, 2.75) is 13.8 Å². The highest BCUT2D eigenvalue weighted by Gasteiger charge is 2.09. The number of hydrogen-bond donors (Lipinski definition) is 1. The van der Waals surface area contributed by atoms with Crippen LogP contribution in [0.1, 0.15) is 20.1 Å². The van der Waals surface area contributed by atoms with Gasteiger partial charge in [-0.25, -0.2) is 0 Å². The van der Waals surface area contributed by atoms with E-state index in [0.717, 1.165) is 10.4 Å². The summed E-state index contributed by atoms with van der Waals surface area (Å²) >= 11 is 6.97. The van der Waals surface area contributed by atoms with Crippen LogP contribution >= 0.6 is 22.9 Å². The third kappa shape index (κ3) is 4.12. The van der Waals surface area contributed by atoms with Gasteiger partial charge in [-0.05, 0) is 25.5 Å². The van der Waals surface area contributed by atoms with E-state index in [9.17, 15) is 4.79 Å². The van der Waals surface area contributed by atoms with Crippen molar-refractivity contribution >= 4 is 28.8 Å². The molecule has 1 N–H and O–H groups in total. The number of rotatable bonds is 6. The van der Waals surface area contributed by atoms with Gasteiger partial charge < -0.3 is 10.1 Å². The van der Waals surface area contributed by atoms with Gasteiger partial charge in [-0.1, -0.05) is 0 Å². The fourth-order valence-electron chi connectivity index (χ4n) is 1.17. The number of halogens is 1. The molecular formula is C11H16ClNO2S. The molecule has 1 rings (SSSR count). The zero-order valence-corrected chi connectivity index (χ0v) is 11.1. The molecule has 16 heavy (non-hydrogen) atoms. The summed E-state index contributed by atoms with van der Waals surface area (Å²) in [6, 6.07) is 1.91. The van der Waals surface area contributed by atoms with E-state index < -0.39 is 0 Å². The molecule has 0 aliphatic carbocycles. The average molecular weight is 262 g/mol. The Labute approximate surface area is 105 Å². The van der Waals surface area contributed by atoms with E-state index in [2.05, 4.69) is 5.32 Å². The Balaban J connectivity index is 2.30. The maximum Gasteiger partial charge on any atom is 0.261 e. The molecule has 0 aromatic carbocycles. The summed E-state index contributed by atoms with van der Waals surface area (Å²) < 4.78 is 5.15. The van der Waals surface area contributed by atoms with Crippen LogP contribution in [0.2, 0.25) is 0 Å². The predicted octanol–water partition coefficient (Wildman–Crippen LogP) is 2.35. The maximum absolute atomic E-state index is 11.7. The molecule has 1 aromatic heterocycles. The van der Waals surface area contributed by atoms with Crippen LogP contribution in [0.4, 0.5) is 0 Å². The molecule has 1 amide bonds. The smallest absolute Gasteiger partial charge is 0.261 e. The lowest BCUT2D eigenvalue weighted by molar-refractivity contribution is 0.0927. The van der Waals surface area contributed by atoms with E-state index in [1.807, 2.05) is 19.9 Å². The lowest BCUT2D eigenvalue weighted by atomic mass is 10.3. The van der Waals surface area contributed by atoms with Gasteiger partial charge in [-0.2, -0.15) is 0 Å². The minimum atomic E-state index is -0.0318. The SMILES string of the molecule is Cc1cc(C(=O)NCCOCCCl)sc1C. The molecule has 0 bridgehead atoms. The Morgan fingerprint density at radius 2 is 2.25 bits per heavy atom. The second-order valence-corrected chi connectivity index (χ2v) is 5.04. The maximum atomic E-state index is 11.7. The molecule has 0 radical (unpaired) electrons. The molecule has 0 fully saturated rings. The number of thiophene rings is 1. The van der Waals surface area contributed by atoms with Gasteiger partial charge >= 0.3 is 0 Å². The van der Waals surface area contributed by atoms with Gasteiger partial charge in [0.15, 0.2) is 0 Å². The lowest BCUT2D eigenvalue weighted by Gasteiger charge is -2.03. The zero-order chi connectivity index (χ0) is 12.0. The van der Waals surface area contributed by atoms with E-state index >= 15 is 0 Å². The van der Waals surface area contributed by atoms with Gasteiger partial charge in [-0.15, -0.1) is 22.9 Å². The lowest BCUT2D eigenvalue weighted by Crippen LogP contribution is -2.26. The van der Waals surface area contributed by atoms with Gasteiger partial charge in [-0.3, -0.25) is 4.79 Å². The normalized spacial score (nSPS) is 10.4. The number of amides is 1. The first-order chi connectivity index (χ1) is 7.65. The molecule has 0 spiro atoms. The summed E-state index contributed by atoms with van der Waals surface area (Å²) in [5, 5.41) is 2.80. The van der Waals surface area contributed by atoms with Gasteiger partial charge in [0.1, 0.15) is 0 Å². The fourth-order valence-corrected chi connectivity index (χ4v) is 2.22. The van der Waals surface area contributed by atoms with Crippen LogP contribution < -0.4 is 5.32 Å². The Kier molecular flexibility index (Phi) is 5.80. The highest BCUT2D eigenvalue weighted by molar-refractivity contribution is 7.14. The van der Waals surface area contributed by atoms with Crippen LogP contribution in [0.15, 0.2) is 6.07 Å². The summed E-state index contributed by atoms with van der Waals surface area (Å²) in [7, 11) is 0. The van der Waals surface area contributed by atoms with E-state index in [1.165, 1.54) is 16.2 Å². The molecule has 0 aliphatic heterocycles. The standard InChI is InChI=1S/C11H16ClNO2S/c1-8-7-10(16-9(8)2)11(14)13-4-6-15-5-3-12/h7H,3-6H2,1-2H3,(H,13,14). The van der Waals surface area contributed by atoms with Crippen LogP contribution in [0, 0.1) is 13.8 Å². The van der Waals surface area contributed by atoms with Gasteiger partial charge in [0.2, 0.25) is 0 Å². The van der Waals surface area contributed by atoms with Crippen LogP contribution in [-0.2, 0) is 4.74 Å². The Hall–Kier alpha value is -0.580. The highest BCUT2D eigenvalue weighted by atomic mass is 35.5. The second kappa shape index (κ2) is 6.89. The van der Waals surface area contributed by atoms with Crippen molar-refractivity contribution in [3.05, 3.63) is 21.4 Å². The Morgan fingerprint density at radius 1 is 1.50 bits per heavy atom. The molecule has 0 saturated heterocycles. The number of aryl methyl sites for hydroxylation is 2. The first-order valence-electron chi connectivity index (χ1n) is 5.14. The molecule has 0 aliphatic rings. The van der Waals surface area contributed by atoms with Gasteiger partial charge in [0, 0.05) is 17.3 Å². The third-order valence-corrected chi connectivity index (χ3v) is 3.45. The first kappa shape index (κ1) is 13.5. The number of carbonyl (C=O) groups excluding carboxylic acids is 1. The topological polar surface area (TPSA) is 38.3 Å². The first-order valence-corrected chi connectivity index (χ1v) is 6.49. The quantitative estimate of drug-likeness (QED) is 0.631. The number of nitrogens with one attached hydrogen (secondary N) is 1. The van der Waals surface area contributed by atoms with Crippen molar-refractivity contribution in [3.63, 3.8) is 0 Å². The van der Waals surface area contributed by atoms with Crippen molar-refractivity contribution in [1.29, 1.82) is 0 Å². The molecule has 5 heteroatoms. The molecular weight excluding hydrogens is 246 g/mol. The van der Waals surface area contributed by atoms with Gasteiger partial charge in [0.25, 0.3) is 5.91 Å². The van der Waals surface area contributed by atoms with E-state index in [-0.39, 0.29) is 5.91 Å². The highest BCUT2D eigenvalue weighted by Crippen LogP contribution is 2.20. The molecule has 0 atom stereocenters. The fraction of sp³-hybridized carbons (Fsp3) is 0.545. The number of hydrogen-bond acceptors (Lipinski definition) is 3. The van der Waals surface area contributed by atoms with Crippen molar-refractivity contribution < 1.29 is 9.53 Å². The number of ether oxygens (including phenoxy) is 1. The van der Waals surface area contributed by atoms with Crippen LogP contribution in [0.5, 0.6) is 0 Å². The van der Waals surface area contributed by atoms with E-state index in [0.29, 0.717) is 25.6 Å². The van der Waals surface area contributed by atoms with Crippen LogP contribution in [-0.4, -0.2) is 31.5 Å². The van der Waals surface area contributed by atoms with E-state index in [4.69, 9.17) is 16.3 Å². The summed E-state index contributed by atoms with van der Waals surface area (Å²) in [6.45, 7) is 5.56. The van der Waals surface area contributed by atoms with Crippen LogP contribution in [0.3, 0.4) is 0 Å². The third-order valence-electron chi connectivity index (χ3n) is 2.14. The van der Waals surface area contributed by atoms with Gasteiger partial charge in [0.05, 0.1) is 18.1 Å². The minimum Gasteiger partial charge on any atom is -0.378 e. The second-order valence-electron chi connectivity index (χ2n) is 3.41. The molecule has 0 unspecified atom stereocenters. The Bertz CT molecular complexity index is 332. The van der Waals surface area contributed by atoms with Crippen LogP contribution in [0.25, 0.3) is 0 Å². The number of carbonyl (C=O) groups is 1. The van der Waals surface area contributed by atoms with Crippen molar-refractivity contribution in [3.8, 4) is 0 Å². The average Bonchev–Trinajstić information content (AvgIpc) is 2.59. The zero-order valence-electron chi connectivity index (χ0n) is 9.51. The molecule has 1 heterocycles. The van der Waals surface area contributed by atoms with Crippen molar-refractivity contribution in [2.24, 2.45) is 0 Å². The summed E-state index contributed by atoms with van der Waals surface area (Å²) in [6.07, 6.45) is 0. The van der Waals surface area contributed by atoms with Crippen molar-refractivity contribution in [1.82, 2.24) is 5.32 Å². The molecule has 1 aromatic rings. The predicted molar refractivity (Wildman–Crippen MR) is 67.7 cm³/mol. The Morgan fingerprint density at radius 3 is 2.81 bits per heavy atom. The largest absolute Gasteiger partial charge is 0.378 e. The van der Waals surface area contributed by atoms with Crippen molar-refractivity contribution in [2.75, 3.05) is 25.6 Å². The molecule has 90 valence electrons. The summed E-state index contributed by atoms with van der Waals surface area (Å²) in [5.74, 6) is 0.452. The van der Waals surface area contributed by atoms with E-state index in [1.54, 1.807) is 0 Å². The molecule has 0 saturated carbocycles. The summed E-state index contributed by atoms with van der Waals surface area (Å²) in [4.78, 5) is 13.6. The summed E-state index contributed by atoms with van der Waals surface area (Å²) in [5.41, 5.74) is 1.16. The minimum absolute atomic E-state index is 0.0318. The monoisotopic (exact) mass is 261 g/mol. The number of alkyl halides is 1. The molecule has 3 nitrogen and oxygen atoms in total.